The van der Waals surface area contributed by atoms with Gasteiger partial charge in [0.2, 0.25) is 0 Å². The van der Waals surface area contributed by atoms with Gasteiger partial charge >= 0.3 is 0 Å². The van der Waals surface area contributed by atoms with E-state index in [9.17, 15) is 15.3 Å². The monoisotopic (exact) mass is 246 g/mol. The molecule has 1 aliphatic carbocycles. The fourth-order valence-corrected chi connectivity index (χ4v) is 2.63. The van der Waals surface area contributed by atoms with Gasteiger partial charge in [-0.15, -0.1) is 0 Å². The minimum Gasteiger partial charge on any atom is -0.393 e. The molecule has 0 saturated heterocycles. The number of ether oxygens (including phenoxy) is 1. The molecule has 0 spiro atoms. The Morgan fingerprint density at radius 1 is 1.24 bits per heavy atom. The fraction of sp³-hybridized carbons (Fsp3) is 1.00. The molecular weight excluding hydrogens is 220 g/mol. The first-order valence-corrected chi connectivity index (χ1v) is 6.47. The first kappa shape index (κ1) is 14.9. The van der Waals surface area contributed by atoms with Crippen LogP contribution in [0.3, 0.4) is 0 Å². The Bertz CT molecular complexity index is 242. The molecule has 102 valence electrons. The van der Waals surface area contributed by atoms with Crippen LogP contribution in [0, 0.1) is 11.8 Å². The predicted octanol–water partition coefficient (Wildman–Crippen LogP) is 1.28. The van der Waals surface area contributed by atoms with E-state index in [1.54, 1.807) is 0 Å². The SMILES string of the molecule is CC(C)C1CCC(C)(OC(O)C(C)O)CC1O. The first-order valence-electron chi connectivity index (χ1n) is 6.47. The lowest BCUT2D eigenvalue weighted by Gasteiger charge is -2.43. The van der Waals surface area contributed by atoms with Crippen molar-refractivity contribution in [3.63, 3.8) is 0 Å². The van der Waals surface area contributed by atoms with E-state index in [-0.39, 0.29) is 0 Å². The second kappa shape index (κ2) is 5.65. The Morgan fingerprint density at radius 3 is 2.24 bits per heavy atom. The van der Waals surface area contributed by atoms with Crippen LogP contribution in [0.5, 0.6) is 0 Å². The molecule has 0 bridgehead atoms. The molecule has 1 aliphatic rings. The Morgan fingerprint density at radius 2 is 1.82 bits per heavy atom. The van der Waals surface area contributed by atoms with Crippen molar-refractivity contribution in [1.82, 2.24) is 0 Å². The smallest absolute Gasteiger partial charge is 0.181 e. The largest absolute Gasteiger partial charge is 0.393 e. The van der Waals surface area contributed by atoms with E-state index in [4.69, 9.17) is 4.74 Å². The zero-order valence-corrected chi connectivity index (χ0v) is 11.3. The summed E-state index contributed by atoms with van der Waals surface area (Å²) in [5.41, 5.74) is -0.540. The van der Waals surface area contributed by atoms with Gasteiger partial charge in [-0.2, -0.15) is 0 Å². The predicted molar refractivity (Wildman–Crippen MR) is 65.4 cm³/mol. The minimum atomic E-state index is -1.18. The van der Waals surface area contributed by atoms with Crippen LogP contribution in [0.25, 0.3) is 0 Å². The molecule has 0 aromatic rings. The molecule has 5 atom stereocenters. The summed E-state index contributed by atoms with van der Waals surface area (Å²) >= 11 is 0. The highest BCUT2D eigenvalue weighted by Gasteiger charge is 2.40. The van der Waals surface area contributed by atoms with Crippen LogP contribution < -0.4 is 0 Å². The highest BCUT2D eigenvalue weighted by atomic mass is 16.6. The third-order valence-corrected chi connectivity index (χ3v) is 3.82. The van der Waals surface area contributed by atoms with Crippen molar-refractivity contribution in [2.75, 3.05) is 0 Å². The molecule has 0 heterocycles. The van der Waals surface area contributed by atoms with Gasteiger partial charge in [-0.25, -0.2) is 0 Å². The van der Waals surface area contributed by atoms with E-state index < -0.39 is 24.1 Å². The van der Waals surface area contributed by atoms with Crippen molar-refractivity contribution in [1.29, 1.82) is 0 Å². The number of aliphatic hydroxyl groups is 3. The van der Waals surface area contributed by atoms with Gasteiger partial charge in [0.25, 0.3) is 0 Å². The van der Waals surface area contributed by atoms with Crippen molar-refractivity contribution in [2.45, 2.75) is 71.1 Å². The standard InChI is InChI=1S/C13H26O4/c1-8(2)10-5-6-13(4,7-11(10)15)17-12(16)9(3)14/h8-12,14-16H,5-7H2,1-4H3. The first-order chi connectivity index (χ1) is 7.75. The van der Waals surface area contributed by atoms with Crippen LogP contribution >= 0.6 is 0 Å². The molecule has 1 rings (SSSR count). The quantitative estimate of drug-likeness (QED) is 0.654. The van der Waals surface area contributed by atoms with Crippen LogP contribution in [0.1, 0.15) is 47.0 Å². The molecule has 17 heavy (non-hydrogen) atoms. The van der Waals surface area contributed by atoms with Crippen LogP contribution in [-0.4, -0.2) is 39.4 Å². The lowest BCUT2D eigenvalue weighted by atomic mass is 9.73. The van der Waals surface area contributed by atoms with Gasteiger partial charge in [0, 0.05) is 6.42 Å². The second-order valence-corrected chi connectivity index (χ2v) is 5.92. The average molecular weight is 246 g/mol. The maximum Gasteiger partial charge on any atom is 0.181 e. The van der Waals surface area contributed by atoms with Gasteiger partial charge in [-0.05, 0) is 38.5 Å². The lowest BCUT2D eigenvalue weighted by molar-refractivity contribution is -0.236. The Hall–Kier alpha value is -0.160. The molecule has 0 aromatic heterocycles. The Balaban J connectivity index is 2.57. The average Bonchev–Trinajstić information content (AvgIpc) is 2.15. The number of hydrogen-bond acceptors (Lipinski definition) is 4. The lowest BCUT2D eigenvalue weighted by Crippen LogP contribution is -2.46. The summed E-state index contributed by atoms with van der Waals surface area (Å²) in [7, 11) is 0. The van der Waals surface area contributed by atoms with Gasteiger partial charge in [-0.3, -0.25) is 0 Å². The van der Waals surface area contributed by atoms with E-state index in [0.717, 1.165) is 12.8 Å². The van der Waals surface area contributed by atoms with E-state index in [1.807, 2.05) is 6.92 Å². The highest BCUT2D eigenvalue weighted by molar-refractivity contribution is 4.90. The molecule has 4 heteroatoms. The molecule has 1 fully saturated rings. The normalized spacial score (nSPS) is 38.1. The summed E-state index contributed by atoms with van der Waals surface area (Å²) in [6, 6.07) is 0. The number of rotatable bonds is 4. The van der Waals surface area contributed by atoms with Crippen LogP contribution in [-0.2, 0) is 4.74 Å². The highest BCUT2D eigenvalue weighted by Crippen LogP contribution is 2.38. The van der Waals surface area contributed by atoms with E-state index in [2.05, 4.69) is 13.8 Å². The van der Waals surface area contributed by atoms with Crippen molar-refractivity contribution in [3.05, 3.63) is 0 Å². The van der Waals surface area contributed by atoms with Gasteiger partial charge < -0.3 is 20.1 Å². The third-order valence-electron chi connectivity index (χ3n) is 3.82. The van der Waals surface area contributed by atoms with Crippen molar-refractivity contribution < 1.29 is 20.1 Å². The Kier molecular flexibility index (Phi) is 4.95. The number of aliphatic hydroxyl groups excluding tert-OH is 3. The van der Waals surface area contributed by atoms with Gasteiger partial charge in [0.15, 0.2) is 6.29 Å². The summed E-state index contributed by atoms with van der Waals surface area (Å²) in [5, 5.41) is 28.9. The van der Waals surface area contributed by atoms with Crippen molar-refractivity contribution in [2.24, 2.45) is 11.8 Å². The fourth-order valence-electron chi connectivity index (χ4n) is 2.63. The third kappa shape index (κ3) is 3.91. The summed E-state index contributed by atoms with van der Waals surface area (Å²) in [4.78, 5) is 0. The molecular formula is C13H26O4. The molecule has 1 saturated carbocycles. The molecule has 5 unspecified atom stereocenters. The Labute approximate surface area is 104 Å². The molecule has 0 aromatic carbocycles. The second-order valence-electron chi connectivity index (χ2n) is 5.92. The maximum atomic E-state index is 10.1. The van der Waals surface area contributed by atoms with Crippen LogP contribution in [0.2, 0.25) is 0 Å². The molecule has 0 radical (unpaired) electrons. The van der Waals surface area contributed by atoms with Gasteiger partial charge in [0.05, 0.1) is 11.7 Å². The van der Waals surface area contributed by atoms with E-state index in [1.165, 1.54) is 6.92 Å². The van der Waals surface area contributed by atoms with Crippen LogP contribution in [0.15, 0.2) is 0 Å². The van der Waals surface area contributed by atoms with Gasteiger partial charge in [0.1, 0.15) is 6.10 Å². The topological polar surface area (TPSA) is 69.9 Å². The summed E-state index contributed by atoms with van der Waals surface area (Å²) in [5.74, 6) is 0.756. The maximum absolute atomic E-state index is 10.1. The number of hydrogen-bond donors (Lipinski definition) is 3. The zero-order chi connectivity index (χ0) is 13.2. The molecule has 0 aliphatic heterocycles. The summed E-state index contributed by atoms with van der Waals surface area (Å²) in [6.45, 7) is 7.60. The van der Waals surface area contributed by atoms with Crippen LogP contribution in [0.4, 0.5) is 0 Å². The minimum absolute atomic E-state index is 0.301. The molecule has 0 amide bonds. The van der Waals surface area contributed by atoms with Crippen molar-refractivity contribution in [3.8, 4) is 0 Å². The van der Waals surface area contributed by atoms with Crippen molar-refractivity contribution >= 4 is 0 Å². The van der Waals surface area contributed by atoms with Gasteiger partial charge in [-0.1, -0.05) is 13.8 Å². The molecule has 3 N–H and O–H groups in total. The molecule has 4 nitrogen and oxygen atoms in total. The summed E-state index contributed by atoms with van der Waals surface area (Å²) < 4.78 is 5.48. The summed E-state index contributed by atoms with van der Waals surface area (Å²) in [6.07, 6.45) is -0.275. The van der Waals surface area contributed by atoms with E-state index >= 15 is 0 Å². The van der Waals surface area contributed by atoms with E-state index in [0.29, 0.717) is 18.3 Å². The zero-order valence-electron chi connectivity index (χ0n) is 11.3.